The summed E-state index contributed by atoms with van der Waals surface area (Å²) >= 11 is 0. The first kappa shape index (κ1) is 10.1. The summed E-state index contributed by atoms with van der Waals surface area (Å²) in [6, 6.07) is 0. The van der Waals surface area contributed by atoms with E-state index in [0.717, 1.165) is 32.9 Å². The van der Waals surface area contributed by atoms with Gasteiger partial charge in [-0.1, -0.05) is 0 Å². The van der Waals surface area contributed by atoms with Gasteiger partial charge in [-0.05, 0) is 6.92 Å². The number of hydrogen-bond donors (Lipinski definition) is 1. The lowest BCUT2D eigenvalue weighted by Crippen LogP contribution is -2.27. The number of hydrogen-bond acceptors (Lipinski definition) is 4. The lowest BCUT2D eigenvalue weighted by Gasteiger charge is -2.08. The van der Waals surface area contributed by atoms with E-state index in [1.54, 1.807) is 0 Å². The van der Waals surface area contributed by atoms with E-state index in [1.165, 1.54) is 0 Å². The summed E-state index contributed by atoms with van der Waals surface area (Å²) < 4.78 is 0. The minimum absolute atomic E-state index is 0.402. The average molecular weight is 158 g/mol. The molecule has 1 aliphatic rings. The maximum absolute atomic E-state index is 10.4. The number of nitrogens with one attached hydrogen (secondary N) is 1. The number of piperidine rings is 1. The molecule has 0 aromatic rings. The van der Waals surface area contributed by atoms with Gasteiger partial charge in [0.2, 0.25) is 0 Å². The summed E-state index contributed by atoms with van der Waals surface area (Å²) in [4.78, 5) is 19.3. The van der Waals surface area contributed by atoms with Crippen LogP contribution in [0, 0.1) is 0 Å². The molecule has 0 atom stereocenters. The van der Waals surface area contributed by atoms with Gasteiger partial charge in [0.25, 0.3) is 0 Å². The largest absolute Gasteiger partial charge is 0.550 e. The molecule has 0 aromatic heterocycles. The van der Waals surface area contributed by atoms with Gasteiger partial charge in [0.15, 0.2) is 0 Å². The van der Waals surface area contributed by atoms with Crippen LogP contribution >= 0.6 is 0 Å². The monoisotopic (exact) mass is 158 g/mol. The molecular weight excluding hydrogens is 146 g/mol. The predicted molar refractivity (Wildman–Crippen MR) is 37.8 cm³/mol. The lowest BCUT2D eigenvalue weighted by molar-refractivity contribution is -0.302. The van der Waals surface area contributed by atoms with Gasteiger partial charge < -0.3 is 15.2 Å². The second-order valence-corrected chi connectivity index (χ2v) is 2.28. The minimum atomic E-state index is -1.08. The Morgan fingerprint density at radius 2 is 1.82 bits per heavy atom. The zero-order valence-corrected chi connectivity index (χ0v) is 6.55. The molecule has 1 N–H and O–H groups in total. The van der Waals surface area contributed by atoms with Crippen LogP contribution in [0.15, 0.2) is 0 Å². The van der Waals surface area contributed by atoms with Gasteiger partial charge in [-0.25, -0.2) is 0 Å². The van der Waals surface area contributed by atoms with Gasteiger partial charge in [-0.2, -0.15) is 0 Å². The summed E-state index contributed by atoms with van der Waals surface area (Å²) in [7, 11) is 0. The molecule has 64 valence electrons. The quantitative estimate of drug-likeness (QED) is 0.475. The van der Waals surface area contributed by atoms with Gasteiger partial charge >= 0.3 is 0 Å². The van der Waals surface area contributed by atoms with Crippen LogP contribution in [0.1, 0.15) is 19.8 Å². The van der Waals surface area contributed by atoms with Crippen molar-refractivity contribution in [3.63, 3.8) is 0 Å². The van der Waals surface area contributed by atoms with E-state index in [0.29, 0.717) is 5.78 Å². The number of carboxylic acid groups (broad SMARTS) is 1. The first-order chi connectivity index (χ1) is 5.13. The van der Waals surface area contributed by atoms with Crippen molar-refractivity contribution in [2.45, 2.75) is 19.8 Å². The zero-order valence-electron chi connectivity index (χ0n) is 6.55. The molecule has 1 saturated heterocycles. The molecule has 0 bridgehead atoms. The lowest BCUT2D eigenvalue weighted by atomic mass is 10.1. The fourth-order valence-electron chi connectivity index (χ4n) is 0.706. The van der Waals surface area contributed by atoms with Gasteiger partial charge in [-0.15, -0.1) is 0 Å². The standard InChI is InChI=1S/C5H9NO.C2H4O2/c7-5-1-3-6-4-2-5;1-2(3)4/h6H,1-4H2;1H3,(H,3,4)/p-1. The Labute approximate surface area is 65.6 Å². The molecule has 1 rings (SSSR count). The van der Waals surface area contributed by atoms with Gasteiger partial charge in [0, 0.05) is 31.9 Å². The molecular formula is C7H12NO3-. The smallest absolute Gasteiger partial charge is 0.135 e. The Kier molecular flexibility index (Phi) is 5.37. The molecule has 0 radical (unpaired) electrons. The van der Waals surface area contributed by atoms with Crippen LogP contribution in [0.4, 0.5) is 0 Å². The molecule has 0 spiro atoms. The van der Waals surface area contributed by atoms with E-state index in [9.17, 15) is 4.79 Å². The Morgan fingerprint density at radius 3 is 2.00 bits per heavy atom. The number of rotatable bonds is 0. The summed E-state index contributed by atoms with van der Waals surface area (Å²) in [5.41, 5.74) is 0. The summed E-state index contributed by atoms with van der Waals surface area (Å²) in [5, 5.41) is 12.0. The Balaban J connectivity index is 0.000000218. The molecule has 1 heterocycles. The van der Waals surface area contributed by atoms with Crippen molar-refractivity contribution in [2.24, 2.45) is 0 Å². The number of carbonyl (C=O) groups is 2. The van der Waals surface area contributed by atoms with Crippen LogP contribution in [-0.2, 0) is 9.59 Å². The van der Waals surface area contributed by atoms with Crippen molar-refractivity contribution in [3.8, 4) is 0 Å². The first-order valence-electron chi connectivity index (χ1n) is 3.53. The molecule has 0 saturated carbocycles. The maximum Gasteiger partial charge on any atom is 0.135 e. The molecule has 0 amide bonds. The van der Waals surface area contributed by atoms with Crippen molar-refractivity contribution < 1.29 is 14.7 Å². The molecule has 1 fully saturated rings. The molecule has 11 heavy (non-hydrogen) atoms. The summed E-state index contributed by atoms with van der Waals surface area (Å²) in [6.07, 6.45) is 1.47. The number of Topliss-reactive ketones (excluding diaryl/α,β-unsaturated/α-hetero) is 1. The van der Waals surface area contributed by atoms with Crippen LogP contribution in [0.25, 0.3) is 0 Å². The van der Waals surface area contributed by atoms with Crippen molar-refractivity contribution in [1.82, 2.24) is 5.32 Å². The zero-order chi connectivity index (χ0) is 8.69. The van der Waals surface area contributed by atoms with Crippen LogP contribution < -0.4 is 10.4 Å². The third-order valence-corrected chi connectivity index (χ3v) is 1.16. The maximum atomic E-state index is 10.4. The fraction of sp³-hybridized carbons (Fsp3) is 0.714. The van der Waals surface area contributed by atoms with Crippen molar-refractivity contribution >= 4 is 11.8 Å². The highest BCUT2D eigenvalue weighted by Gasteiger charge is 2.04. The van der Waals surface area contributed by atoms with E-state index < -0.39 is 5.97 Å². The van der Waals surface area contributed by atoms with E-state index in [4.69, 9.17) is 9.90 Å². The summed E-state index contributed by atoms with van der Waals surface area (Å²) in [6.45, 7) is 2.75. The highest BCUT2D eigenvalue weighted by Crippen LogP contribution is 1.91. The van der Waals surface area contributed by atoms with E-state index in [1.807, 2.05) is 0 Å². The molecule has 4 nitrogen and oxygen atoms in total. The second-order valence-electron chi connectivity index (χ2n) is 2.28. The fourth-order valence-corrected chi connectivity index (χ4v) is 0.706. The second kappa shape index (κ2) is 5.85. The van der Waals surface area contributed by atoms with Crippen molar-refractivity contribution in [3.05, 3.63) is 0 Å². The Bertz CT molecular complexity index is 133. The molecule has 4 heteroatoms. The van der Waals surface area contributed by atoms with Crippen LogP contribution in [0.2, 0.25) is 0 Å². The van der Waals surface area contributed by atoms with Crippen LogP contribution in [0.3, 0.4) is 0 Å². The third kappa shape index (κ3) is 9.10. The minimum Gasteiger partial charge on any atom is -0.550 e. The summed E-state index contributed by atoms with van der Waals surface area (Å²) in [5.74, 6) is -0.682. The molecule has 0 unspecified atom stereocenters. The van der Waals surface area contributed by atoms with Gasteiger partial charge in [0.1, 0.15) is 5.78 Å². The Hall–Kier alpha value is -0.900. The number of carbonyl (C=O) groups excluding carboxylic acids is 2. The Morgan fingerprint density at radius 1 is 1.45 bits per heavy atom. The van der Waals surface area contributed by atoms with Crippen molar-refractivity contribution in [1.29, 1.82) is 0 Å². The highest BCUT2D eigenvalue weighted by atomic mass is 16.4. The van der Waals surface area contributed by atoms with E-state index in [2.05, 4.69) is 5.32 Å². The first-order valence-corrected chi connectivity index (χ1v) is 3.53. The van der Waals surface area contributed by atoms with Crippen LogP contribution in [-0.4, -0.2) is 24.8 Å². The van der Waals surface area contributed by atoms with Crippen molar-refractivity contribution in [2.75, 3.05) is 13.1 Å². The molecule has 0 aliphatic carbocycles. The average Bonchev–Trinajstić information content (AvgIpc) is 1.87. The SMILES string of the molecule is CC(=O)[O-].O=C1CCNCC1. The van der Waals surface area contributed by atoms with Crippen LogP contribution in [0.5, 0.6) is 0 Å². The van der Waals surface area contributed by atoms with E-state index >= 15 is 0 Å². The number of carboxylic acids is 1. The topological polar surface area (TPSA) is 69.2 Å². The van der Waals surface area contributed by atoms with E-state index in [-0.39, 0.29) is 0 Å². The van der Waals surface area contributed by atoms with Gasteiger partial charge in [0.05, 0.1) is 0 Å². The predicted octanol–water partition coefficient (Wildman–Crippen LogP) is -1.30. The third-order valence-electron chi connectivity index (χ3n) is 1.16. The normalized spacial score (nSPS) is 16.6. The number of ketones is 1. The molecule has 0 aromatic carbocycles. The highest BCUT2D eigenvalue weighted by molar-refractivity contribution is 5.79. The number of aliphatic carboxylic acids is 1. The van der Waals surface area contributed by atoms with Gasteiger partial charge in [-0.3, -0.25) is 4.79 Å². The molecule has 1 aliphatic heterocycles.